The third kappa shape index (κ3) is 4.25. The van der Waals surface area contributed by atoms with Gasteiger partial charge in [0.1, 0.15) is 23.2 Å². The highest BCUT2D eigenvalue weighted by Gasteiger charge is 2.39. The van der Waals surface area contributed by atoms with Crippen LogP contribution in [0.1, 0.15) is 25.2 Å². The standard InChI is InChI=1S/C24H24ClF4N5/c1-14(13-30)34-11-10-33-21(31-17-8-9-18(19(25)12-17)24(27,28)29)20(32-22(33)23(34,2)3)15-4-6-16(26)7-5-15/h4-9,12,31H,1,10-11,13,30H2,2-3H3. The molecular weight excluding hydrogens is 470 g/mol. The number of alkyl halides is 3. The molecule has 0 radical (unpaired) electrons. The molecule has 180 valence electrons. The van der Waals surface area contributed by atoms with Crippen molar-refractivity contribution in [2.24, 2.45) is 5.73 Å². The molecule has 1 aromatic heterocycles. The number of halogens is 5. The minimum Gasteiger partial charge on any atom is -0.360 e. The van der Waals surface area contributed by atoms with Gasteiger partial charge < -0.3 is 20.5 Å². The molecule has 0 atom stereocenters. The van der Waals surface area contributed by atoms with Crippen LogP contribution in [-0.2, 0) is 18.3 Å². The van der Waals surface area contributed by atoms with Crippen LogP contribution in [0.25, 0.3) is 11.3 Å². The van der Waals surface area contributed by atoms with Crippen molar-refractivity contribution >= 4 is 23.1 Å². The Morgan fingerprint density at radius 1 is 1.18 bits per heavy atom. The zero-order valence-corrected chi connectivity index (χ0v) is 19.4. The summed E-state index contributed by atoms with van der Waals surface area (Å²) in [5, 5.41) is 2.79. The molecule has 10 heteroatoms. The molecule has 0 spiro atoms. The van der Waals surface area contributed by atoms with Crippen LogP contribution in [-0.4, -0.2) is 27.5 Å². The number of anilines is 2. The first-order valence-corrected chi connectivity index (χ1v) is 11.0. The predicted octanol–water partition coefficient (Wildman–Crippen LogP) is 6.13. The van der Waals surface area contributed by atoms with Gasteiger partial charge in [-0.3, -0.25) is 0 Å². The zero-order chi connectivity index (χ0) is 24.8. The normalized spacial score (nSPS) is 15.2. The fourth-order valence-corrected chi connectivity index (χ4v) is 4.58. The van der Waals surface area contributed by atoms with Crippen molar-refractivity contribution in [1.29, 1.82) is 0 Å². The first-order valence-electron chi connectivity index (χ1n) is 10.6. The zero-order valence-electron chi connectivity index (χ0n) is 18.7. The van der Waals surface area contributed by atoms with Crippen molar-refractivity contribution in [2.45, 2.75) is 32.1 Å². The Morgan fingerprint density at radius 2 is 1.85 bits per heavy atom. The molecule has 3 aromatic rings. The Kier molecular flexibility index (Phi) is 6.12. The summed E-state index contributed by atoms with van der Waals surface area (Å²) in [7, 11) is 0. The molecular formula is C24H24ClF4N5. The number of imidazole rings is 1. The maximum absolute atomic E-state index is 13.6. The summed E-state index contributed by atoms with van der Waals surface area (Å²) in [5.41, 5.74) is 6.69. The minimum absolute atomic E-state index is 0.296. The van der Waals surface area contributed by atoms with E-state index in [-0.39, 0.29) is 5.82 Å². The maximum Gasteiger partial charge on any atom is 0.417 e. The highest BCUT2D eigenvalue weighted by molar-refractivity contribution is 6.31. The first kappa shape index (κ1) is 24.1. The summed E-state index contributed by atoms with van der Waals surface area (Å²) < 4.78 is 55.0. The fourth-order valence-electron chi connectivity index (χ4n) is 4.30. The molecule has 4 rings (SSSR count). The fraction of sp³-hybridized carbons (Fsp3) is 0.292. The van der Waals surface area contributed by atoms with Gasteiger partial charge in [-0.2, -0.15) is 13.2 Å². The Morgan fingerprint density at radius 3 is 2.44 bits per heavy atom. The van der Waals surface area contributed by atoms with Crippen LogP contribution >= 0.6 is 11.6 Å². The van der Waals surface area contributed by atoms with Gasteiger partial charge in [-0.1, -0.05) is 18.2 Å². The maximum atomic E-state index is 13.6. The van der Waals surface area contributed by atoms with Gasteiger partial charge in [-0.15, -0.1) is 0 Å². The van der Waals surface area contributed by atoms with E-state index in [0.717, 1.165) is 11.8 Å². The lowest BCUT2D eigenvalue weighted by atomic mass is 9.98. The predicted molar refractivity (Wildman–Crippen MR) is 125 cm³/mol. The number of fused-ring (bicyclic) bond motifs is 1. The van der Waals surface area contributed by atoms with E-state index in [4.69, 9.17) is 22.3 Å². The third-order valence-electron chi connectivity index (χ3n) is 6.01. The third-order valence-corrected chi connectivity index (χ3v) is 6.32. The topological polar surface area (TPSA) is 59.1 Å². The van der Waals surface area contributed by atoms with E-state index >= 15 is 0 Å². The number of aromatic nitrogens is 2. The number of hydrogen-bond donors (Lipinski definition) is 2. The molecule has 5 nitrogen and oxygen atoms in total. The van der Waals surface area contributed by atoms with E-state index < -0.39 is 22.3 Å². The van der Waals surface area contributed by atoms with Gasteiger partial charge >= 0.3 is 6.18 Å². The van der Waals surface area contributed by atoms with Crippen molar-refractivity contribution in [3.63, 3.8) is 0 Å². The largest absolute Gasteiger partial charge is 0.417 e. The van der Waals surface area contributed by atoms with Crippen molar-refractivity contribution < 1.29 is 17.6 Å². The first-order chi connectivity index (χ1) is 15.9. The summed E-state index contributed by atoms with van der Waals surface area (Å²) >= 11 is 5.93. The van der Waals surface area contributed by atoms with E-state index in [0.29, 0.717) is 48.2 Å². The Bertz CT molecular complexity index is 1230. The van der Waals surface area contributed by atoms with Crippen molar-refractivity contribution in [3.05, 3.63) is 77.0 Å². The van der Waals surface area contributed by atoms with Gasteiger partial charge in [0.05, 0.1) is 16.1 Å². The summed E-state index contributed by atoms with van der Waals surface area (Å²) in [6.07, 6.45) is -4.55. The molecule has 0 saturated carbocycles. The van der Waals surface area contributed by atoms with Gasteiger partial charge in [-0.05, 0) is 56.3 Å². The highest BCUT2D eigenvalue weighted by atomic mass is 35.5. The number of rotatable bonds is 5. The quantitative estimate of drug-likeness (QED) is 0.420. The van der Waals surface area contributed by atoms with Gasteiger partial charge in [-0.25, -0.2) is 9.37 Å². The molecule has 2 aromatic carbocycles. The average molecular weight is 494 g/mol. The second kappa shape index (κ2) is 8.63. The molecule has 0 aliphatic carbocycles. The smallest absolute Gasteiger partial charge is 0.360 e. The van der Waals surface area contributed by atoms with E-state index in [1.54, 1.807) is 12.1 Å². The minimum atomic E-state index is -4.55. The van der Waals surface area contributed by atoms with Crippen LogP contribution in [0.5, 0.6) is 0 Å². The number of hydrogen-bond acceptors (Lipinski definition) is 4. The Balaban J connectivity index is 1.84. The van der Waals surface area contributed by atoms with Crippen LogP contribution in [0.15, 0.2) is 54.7 Å². The SMILES string of the molecule is C=C(CN)N1CCn2c(nc(-c3ccc(F)cc3)c2Nc2ccc(C(F)(F)F)c(Cl)c2)C1(C)C. The summed E-state index contributed by atoms with van der Waals surface area (Å²) in [5.74, 6) is 0.902. The monoisotopic (exact) mass is 493 g/mol. The van der Waals surface area contributed by atoms with Crippen LogP contribution in [0.2, 0.25) is 5.02 Å². The number of nitrogens with one attached hydrogen (secondary N) is 1. The number of nitrogens with zero attached hydrogens (tertiary/aromatic N) is 3. The van der Waals surface area contributed by atoms with Crippen LogP contribution in [0, 0.1) is 5.82 Å². The Labute approximate surface area is 199 Å². The lowest BCUT2D eigenvalue weighted by Gasteiger charge is -2.44. The molecule has 0 unspecified atom stereocenters. The van der Waals surface area contributed by atoms with E-state index in [2.05, 4.69) is 16.8 Å². The van der Waals surface area contributed by atoms with Crippen molar-refractivity contribution in [3.8, 4) is 11.3 Å². The molecule has 2 heterocycles. The molecule has 3 N–H and O–H groups in total. The van der Waals surface area contributed by atoms with Crippen LogP contribution < -0.4 is 11.1 Å². The molecule has 0 saturated heterocycles. The van der Waals surface area contributed by atoms with Gasteiger partial charge in [0.25, 0.3) is 0 Å². The van der Waals surface area contributed by atoms with Gasteiger partial charge in [0.15, 0.2) is 0 Å². The Hall–Kier alpha value is -3.04. The summed E-state index contributed by atoms with van der Waals surface area (Å²) in [6.45, 7) is 9.50. The lowest BCUT2D eigenvalue weighted by Crippen LogP contribution is -2.49. The van der Waals surface area contributed by atoms with Crippen LogP contribution in [0.3, 0.4) is 0 Å². The highest BCUT2D eigenvalue weighted by Crippen LogP contribution is 2.41. The van der Waals surface area contributed by atoms with E-state index in [1.807, 2.05) is 18.4 Å². The average Bonchev–Trinajstić information content (AvgIpc) is 3.12. The molecule has 1 aliphatic rings. The van der Waals surface area contributed by atoms with Gasteiger partial charge in [0, 0.05) is 36.6 Å². The molecule has 1 aliphatic heterocycles. The van der Waals surface area contributed by atoms with Crippen molar-refractivity contribution in [1.82, 2.24) is 14.5 Å². The summed E-state index contributed by atoms with van der Waals surface area (Å²) in [4.78, 5) is 6.97. The molecule has 0 amide bonds. The van der Waals surface area contributed by atoms with Gasteiger partial charge in [0.2, 0.25) is 0 Å². The number of benzene rings is 2. The van der Waals surface area contributed by atoms with E-state index in [1.165, 1.54) is 24.3 Å². The molecule has 0 bridgehead atoms. The lowest BCUT2D eigenvalue weighted by molar-refractivity contribution is -0.137. The van der Waals surface area contributed by atoms with Crippen LogP contribution in [0.4, 0.5) is 29.1 Å². The molecule has 34 heavy (non-hydrogen) atoms. The second-order valence-corrected chi connectivity index (χ2v) is 9.00. The number of nitrogens with two attached hydrogens (primary N) is 1. The second-order valence-electron chi connectivity index (χ2n) is 8.59. The summed E-state index contributed by atoms with van der Waals surface area (Å²) in [6, 6.07) is 9.37. The molecule has 0 fully saturated rings. The van der Waals surface area contributed by atoms with Crippen molar-refractivity contribution in [2.75, 3.05) is 18.4 Å². The van der Waals surface area contributed by atoms with E-state index in [9.17, 15) is 17.6 Å².